The zero-order valence-corrected chi connectivity index (χ0v) is 10.3. The van der Waals surface area contributed by atoms with E-state index in [1.165, 1.54) is 25.7 Å². The predicted molar refractivity (Wildman–Crippen MR) is 64.1 cm³/mol. The van der Waals surface area contributed by atoms with Crippen LogP contribution in [0, 0.1) is 5.92 Å². The van der Waals surface area contributed by atoms with Crippen molar-refractivity contribution in [3.8, 4) is 0 Å². The van der Waals surface area contributed by atoms with Crippen molar-refractivity contribution in [2.24, 2.45) is 11.7 Å². The third kappa shape index (κ3) is 2.46. The van der Waals surface area contributed by atoms with Crippen LogP contribution in [0.5, 0.6) is 0 Å². The Balaban J connectivity index is 2.06. The van der Waals surface area contributed by atoms with Crippen LogP contribution in [-0.4, -0.2) is 5.16 Å². The van der Waals surface area contributed by atoms with Crippen LogP contribution in [-0.2, 0) is 0 Å². The summed E-state index contributed by atoms with van der Waals surface area (Å²) in [5, 5.41) is 4.19. The van der Waals surface area contributed by atoms with Crippen molar-refractivity contribution in [2.75, 3.05) is 0 Å². The van der Waals surface area contributed by atoms with Gasteiger partial charge in [-0.15, -0.1) is 0 Å². The van der Waals surface area contributed by atoms with Crippen LogP contribution >= 0.6 is 0 Å². The molecule has 1 fully saturated rings. The first kappa shape index (κ1) is 11.6. The molecule has 0 bridgehead atoms. The summed E-state index contributed by atoms with van der Waals surface area (Å²) in [6.45, 7) is 4.39. The van der Waals surface area contributed by atoms with Crippen molar-refractivity contribution in [2.45, 2.75) is 57.9 Å². The highest BCUT2D eigenvalue weighted by atomic mass is 16.5. The lowest BCUT2D eigenvalue weighted by molar-refractivity contribution is 0.315. The fourth-order valence-electron chi connectivity index (χ4n) is 2.57. The molecule has 0 saturated heterocycles. The molecule has 0 spiro atoms. The van der Waals surface area contributed by atoms with E-state index in [1.807, 2.05) is 0 Å². The second-order valence-corrected chi connectivity index (χ2v) is 5.14. The molecule has 90 valence electrons. The summed E-state index contributed by atoms with van der Waals surface area (Å²) in [6.07, 6.45) is 6.06. The van der Waals surface area contributed by atoms with Gasteiger partial charge in [0.1, 0.15) is 0 Å². The number of rotatable bonds is 3. The predicted octanol–water partition coefficient (Wildman–Crippen LogP) is 3.38. The Morgan fingerprint density at radius 2 is 2.38 bits per heavy atom. The summed E-state index contributed by atoms with van der Waals surface area (Å²) >= 11 is 0. The van der Waals surface area contributed by atoms with Gasteiger partial charge in [-0.2, -0.15) is 0 Å². The molecule has 0 radical (unpaired) electrons. The first-order chi connectivity index (χ1) is 7.70. The van der Waals surface area contributed by atoms with Crippen LogP contribution in [0.25, 0.3) is 0 Å². The second-order valence-electron chi connectivity index (χ2n) is 5.14. The van der Waals surface area contributed by atoms with Crippen molar-refractivity contribution in [1.29, 1.82) is 0 Å². The van der Waals surface area contributed by atoms with Gasteiger partial charge < -0.3 is 10.3 Å². The van der Waals surface area contributed by atoms with E-state index in [-0.39, 0.29) is 6.04 Å². The van der Waals surface area contributed by atoms with Crippen LogP contribution in [0.2, 0.25) is 0 Å². The summed E-state index contributed by atoms with van der Waals surface area (Å²) in [4.78, 5) is 0. The molecule has 1 aliphatic carbocycles. The average Bonchev–Trinajstić information content (AvgIpc) is 2.77. The summed E-state index contributed by atoms with van der Waals surface area (Å²) in [6, 6.07) is 2.07. The molecule has 1 heterocycles. The molecular weight excluding hydrogens is 200 g/mol. The highest BCUT2D eigenvalue weighted by Gasteiger charge is 2.24. The first-order valence-corrected chi connectivity index (χ1v) is 6.42. The van der Waals surface area contributed by atoms with Crippen molar-refractivity contribution in [3.63, 3.8) is 0 Å². The summed E-state index contributed by atoms with van der Waals surface area (Å²) < 4.78 is 5.33. The Morgan fingerprint density at radius 3 is 3.06 bits per heavy atom. The fourth-order valence-corrected chi connectivity index (χ4v) is 2.57. The van der Waals surface area contributed by atoms with E-state index in [0.717, 1.165) is 23.8 Å². The molecule has 0 amide bonds. The minimum absolute atomic E-state index is 0.00210. The number of aromatic nitrogens is 1. The SMILES string of the molecule is CCC(N)c1cc(C2CCCC(C)C2)no1. The second kappa shape index (κ2) is 5.00. The lowest BCUT2D eigenvalue weighted by Gasteiger charge is -2.24. The average molecular weight is 222 g/mol. The molecule has 3 nitrogen and oxygen atoms in total. The summed E-state index contributed by atoms with van der Waals surface area (Å²) in [5.41, 5.74) is 7.05. The maximum Gasteiger partial charge on any atom is 0.153 e. The minimum atomic E-state index is 0.00210. The van der Waals surface area contributed by atoms with Crippen LogP contribution in [0.4, 0.5) is 0 Å². The highest BCUT2D eigenvalue weighted by Crippen LogP contribution is 2.36. The monoisotopic (exact) mass is 222 g/mol. The molecule has 16 heavy (non-hydrogen) atoms. The van der Waals surface area contributed by atoms with Gasteiger partial charge in [0.25, 0.3) is 0 Å². The standard InChI is InChI=1S/C13H22N2O/c1-3-11(14)13-8-12(15-16-13)10-6-4-5-9(2)7-10/h8-11H,3-7,14H2,1-2H3. The molecule has 1 aliphatic rings. The first-order valence-electron chi connectivity index (χ1n) is 6.42. The molecule has 3 heteroatoms. The zero-order valence-electron chi connectivity index (χ0n) is 10.3. The van der Waals surface area contributed by atoms with E-state index in [2.05, 4.69) is 25.1 Å². The largest absolute Gasteiger partial charge is 0.359 e. The molecule has 2 N–H and O–H groups in total. The van der Waals surface area contributed by atoms with Crippen molar-refractivity contribution in [3.05, 3.63) is 17.5 Å². The van der Waals surface area contributed by atoms with Crippen molar-refractivity contribution >= 4 is 0 Å². The molecule has 0 aliphatic heterocycles. The molecular formula is C13H22N2O. The third-order valence-corrected chi connectivity index (χ3v) is 3.71. The topological polar surface area (TPSA) is 52.0 Å². The number of hydrogen-bond donors (Lipinski definition) is 1. The van der Waals surface area contributed by atoms with Gasteiger partial charge in [-0.3, -0.25) is 0 Å². The molecule has 1 aromatic heterocycles. The third-order valence-electron chi connectivity index (χ3n) is 3.71. The van der Waals surface area contributed by atoms with E-state index in [4.69, 9.17) is 10.3 Å². The number of nitrogens with two attached hydrogens (primary N) is 1. The van der Waals surface area contributed by atoms with E-state index < -0.39 is 0 Å². The van der Waals surface area contributed by atoms with Gasteiger partial charge in [0.05, 0.1) is 11.7 Å². The van der Waals surface area contributed by atoms with E-state index in [0.29, 0.717) is 5.92 Å². The smallest absolute Gasteiger partial charge is 0.153 e. The van der Waals surface area contributed by atoms with Crippen LogP contribution in [0.3, 0.4) is 0 Å². The van der Waals surface area contributed by atoms with Crippen molar-refractivity contribution < 1.29 is 4.52 Å². The van der Waals surface area contributed by atoms with Gasteiger partial charge in [-0.25, -0.2) is 0 Å². The fraction of sp³-hybridized carbons (Fsp3) is 0.769. The van der Waals surface area contributed by atoms with Crippen LogP contribution in [0.1, 0.15) is 69.4 Å². The van der Waals surface area contributed by atoms with Gasteiger partial charge in [-0.1, -0.05) is 31.8 Å². The van der Waals surface area contributed by atoms with Gasteiger partial charge in [0, 0.05) is 12.0 Å². The van der Waals surface area contributed by atoms with Crippen LogP contribution in [0.15, 0.2) is 10.6 Å². The van der Waals surface area contributed by atoms with Gasteiger partial charge in [-0.05, 0) is 25.2 Å². The molecule has 1 aromatic rings. The molecule has 1 saturated carbocycles. The van der Waals surface area contributed by atoms with E-state index in [9.17, 15) is 0 Å². The summed E-state index contributed by atoms with van der Waals surface area (Å²) in [5.74, 6) is 2.25. The molecule has 2 rings (SSSR count). The molecule has 0 aromatic carbocycles. The normalized spacial score (nSPS) is 27.9. The maximum atomic E-state index is 5.93. The van der Waals surface area contributed by atoms with Gasteiger partial charge in [0.2, 0.25) is 0 Å². The zero-order chi connectivity index (χ0) is 11.5. The Bertz CT molecular complexity index is 334. The lowest BCUT2D eigenvalue weighted by atomic mass is 9.81. The molecule has 3 unspecified atom stereocenters. The van der Waals surface area contributed by atoms with Crippen LogP contribution < -0.4 is 5.73 Å². The van der Waals surface area contributed by atoms with E-state index in [1.54, 1.807) is 0 Å². The van der Waals surface area contributed by atoms with Crippen molar-refractivity contribution in [1.82, 2.24) is 5.16 Å². The minimum Gasteiger partial charge on any atom is -0.359 e. The highest BCUT2D eigenvalue weighted by molar-refractivity contribution is 5.13. The quantitative estimate of drug-likeness (QED) is 0.853. The summed E-state index contributed by atoms with van der Waals surface area (Å²) in [7, 11) is 0. The lowest BCUT2D eigenvalue weighted by Crippen LogP contribution is -2.12. The molecule has 3 atom stereocenters. The Hall–Kier alpha value is -0.830. The maximum absolute atomic E-state index is 5.93. The van der Waals surface area contributed by atoms with Gasteiger partial charge >= 0.3 is 0 Å². The Kier molecular flexibility index (Phi) is 3.64. The van der Waals surface area contributed by atoms with Gasteiger partial charge in [0.15, 0.2) is 5.76 Å². The Labute approximate surface area is 97.4 Å². The van der Waals surface area contributed by atoms with E-state index >= 15 is 0 Å². The Morgan fingerprint density at radius 1 is 1.56 bits per heavy atom. The number of hydrogen-bond acceptors (Lipinski definition) is 3. The number of nitrogens with zero attached hydrogens (tertiary/aromatic N) is 1.